The van der Waals surface area contributed by atoms with Crippen LogP contribution in [0.2, 0.25) is 5.02 Å². The Hall–Kier alpha value is -1.58. The molecule has 0 spiro atoms. The van der Waals surface area contributed by atoms with Gasteiger partial charge in [0.1, 0.15) is 5.82 Å². The van der Waals surface area contributed by atoms with Crippen LogP contribution >= 0.6 is 11.6 Å². The second-order valence-electron chi connectivity index (χ2n) is 5.52. The molecule has 0 radical (unpaired) electrons. The molecular weight excluding hydrogens is 287 g/mol. The summed E-state index contributed by atoms with van der Waals surface area (Å²) in [6.07, 6.45) is 0. The largest absolute Gasteiger partial charge is 0.362 e. The van der Waals surface area contributed by atoms with Gasteiger partial charge < -0.3 is 10.2 Å². The maximum Gasteiger partial charge on any atom is 0.126 e. The van der Waals surface area contributed by atoms with Gasteiger partial charge in [-0.3, -0.25) is 0 Å². The highest BCUT2D eigenvalue weighted by molar-refractivity contribution is 6.30. The Morgan fingerprint density at radius 1 is 1.19 bits per heavy atom. The lowest BCUT2D eigenvalue weighted by Gasteiger charge is -2.41. The molecule has 1 fully saturated rings. The zero-order chi connectivity index (χ0) is 14.8. The molecule has 0 aromatic heterocycles. The minimum atomic E-state index is -0.296. The standard InChI is InChI=1S/C17H18ClFN2/c1-12-11-21(16-8-14(18)7-15(19)9-16)17(10-20-12)13-5-3-2-4-6-13/h2-9,12,17,20H,10-11H2,1H3. The third-order valence-electron chi connectivity index (χ3n) is 3.87. The molecule has 21 heavy (non-hydrogen) atoms. The zero-order valence-corrected chi connectivity index (χ0v) is 12.6. The lowest BCUT2D eigenvalue weighted by atomic mass is 10.0. The van der Waals surface area contributed by atoms with Crippen molar-refractivity contribution in [1.29, 1.82) is 0 Å². The van der Waals surface area contributed by atoms with Crippen molar-refractivity contribution in [3.05, 3.63) is 64.9 Å². The van der Waals surface area contributed by atoms with Crippen molar-refractivity contribution in [2.45, 2.75) is 19.0 Å². The van der Waals surface area contributed by atoms with Gasteiger partial charge in [0, 0.05) is 29.8 Å². The molecular formula is C17H18ClFN2. The molecule has 2 aromatic rings. The lowest BCUT2D eigenvalue weighted by Crippen LogP contribution is -2.51. The van der Waals surface area contributed by atoms with Crippen LogP contribution in [-0.4, -0.2) is 19.1 Å². The summed E-state index contributed by atoms with van der Waals surface area (Å²) in [5, 5.41) is 3.92. The summed E-state index contributed by atoms with van der Waals surface area (Å²) in [6, 6.07) is 15.5. The maximum absolute atomic E-state index is 13.7. The molecule has 2 atom stereocenters. The van der Waals surface area contributed by atoms with Crippen LogP contribution in [0.15, 0.2) is 48.5 Å². The van der Waals surface area contributed by atoms with Gasteiger partial charge in [-0.05, 0) is 30.7 Å². The first-order valence-corrected chi connectivity index (χ1v) is 7.52. The normalized spacial score (nSPS) is 22.3. The summed E-state index contributed by atoms with van der Waals surface area (Å²) in [7, 11) is 0. The number of nitrogens with one attached hydrogen (secondary N) is 1. The van der Waals surface area contributed by atoms with Crippen molar-refractivity contribution < 1.29 is 4.39 Å². The van der Waals surface area contributed by atoms with E-state index in [0.29, 0.717) is 11.1 Å². The highest BCUT2D eigenvalue weighted by Crippen LogP contribution is 2.31. The van der Waals surface area contributed by atoms with Gasteiger partial charge >= 0.3 is 0 Å². The summed E-state index contributed by atoms with van der Waals surface area (Å²) in [6.45, 7) is 3.79. The summed E-state index contributed by atoms with van der Waals surface area (Å²) in [5.74, 6) is -0.296. The molecule has 1 aliphatic heterocycles. The van der Waals surface area contributed by atoms with E-state index in [4.69, 9.17) is 11.6 Å². The molecule has 1 heterocycles. The average molecular weight is 305 g/mol. The molecule has 2 unspecified atom stereocenters. The molecule has 4 heteroatoms. The Morgan fingerprint density at radius 2 is 1.95 bits per heavy atom. The van der Waals surface area contributed by atoms with Gasteiger partial charge in [-0.1, -0.05) is 41.9 Å². The Labute approximate surface area is 129 Å². The summed E-state index contributed by atoms with van der Waals surface area (Å²) >= 11 is 6.02. The molecule has 0 amide bonds. The molecule has 0 bridgehead atoms. The van der Waals surface area contributed by atoms with E-state index >= 15 is 0 Å². The van der Waals surface area contributed by atoms with Crippen molar-refractivity contribution in [3.63, 3.8) is 0 Å². The number of benzene rings is 2. The molecule has 3 rings (SSSR count). The second kappa shape index (κ2) is 6.04. The van der Waals surface area contributed by atoms with E-state index in [-0.39, 0.29) is 11.9 Å². The number of hydrogen-bond donors (Lipinski definition) is 1. The van der Waals surface area contributed by atoms with E-state index < -0.39 is 0 Å². The minimum absolute atomic E-state index is 0.181. The second-order valence-corrected chi connectivity index (χ2v) is 5.95. The Bertz CT molecular complexity index is 597. The first-order chi connectivity index (χ1) is 10.1. The molecule has 0 saturated carbocycles. The van der Waals surface area contributed by atoms with Crippen LogP contribution in [0.3, 0.4) is 0 Å². The Morgan fingerprint density at radius 3 is 2.67 bits per heavy atom. The Balaban J connectivity index is 1.98. The van der Waals surface area contributed by atoms with Crippen LogP contribution < -0.4 is 10.2 Å². The van der Waals surface area contributed by atoms with Gasteiger partial charge in [0.05, 0.1) is 6.04 Å². The quantitative estimate of drug-likeness (QED) is 0.901. The van der Waals surface area contributed by atoms with Gasteiger partial charge in [-0.15, -0.1) is 0 Å². The van der Waals surface area contributed by atoms with Crippen molar-refractivity contribution in [3.8, 4) is 0 Å². The fraction of sp³-hybridized carbons (Fsp3) is 0.294. The van der Waals surface area contributed by atoms with Crippen molar-refractivity contribution >= 4 is 17.3 Å². The van der Waals surface area contributed by atoms with Gasteiger partial charge in [0.15, 0.2) is 0 Å². The SMILES string of the molecule is CC1CN(c2cc(F)cc(Cl)c2)C(c2ccccc2)CN1. The summed E-state index contributed by atoms with van der Waals surface area (Å²) in [4.78, 5) is 2.23. The third kappa shape index (κ3) is 3.20. The van der Waals surface area contributed by atoms with Crippen LogP contribution in [0.5, 0.6) is 0 Å². The molecule has 1 N–H and O–H groups in total. The molecule has 0 aliphatic carbocycles. The van der Waals surface area contributed by atoms with E-state index in [2.05, 4.69) is 29.3 Å². The van der Waals surface area contributed by atoms with E-state index in [1.165, 1.54) is 11.6 Å². The molecule has 110 valence electrons. The first kappa shape index (κ1) is 14.4. The average Bonchev–Trinajstić information content (AvgIpc) is 2.47. The van der Waals surface area contributed by atoms with Gasteiger partial charge in [-0.25, -0.2) is 4.39 Å². The third-order valence-corrected chi connectivity index (χ3v) is 4.09. The van der Waals surface area contributed by atoms with Gasteiger partial charge in [0.25, 0.3) is 0 Å². The van der Waals surface area contributed by atoms with E-state index in [0.717, 1.165) is 18.8 Å². The monoisotopic (exact) mass is 304 g/mol. The van der Waals surface area contributed by atoms with Gasteiger partial charge in [0.2, 0.25) is 0 Å². The van der Waals surface area contributed by atoms with Crippen LogP contribution in [0.1, 0.15) is 18.5 Å². The fourth-order valence-corrected chi connectivity index (χ4v) is 3.09. The van der Waals surface area contributed by atoms with E-state index in [1.807, 2.05) is 24.3 Å². The number of anilines is 1. The number of halogens is 2. The van der Waals surface area contributed by atoms with E-state index in [1.54, 1.807) is 6.07 Å². The topological polar surface area (TPSA) is 15.3 Å². The van der Waals surface area contributed by atoms with Crippen LogP contribution in [-0.2, 0) is 0 Å². The van der Waals surface area contributed by atoms with Crippen molar-refractivity contribution in [2.75, 3.05) is 18.0 Å². The number of nitrogens with zero attached hydrogens (tertiary/aromatic N) is 1. The van der Waals surface area contributed by atoms with Gasteiger partial charge in [-0.2, -0.15) is 0 Å². The summed E-state index contributed by atoms with van der Waals surface area (Å²) in [5.41, 5.74) is 2.06. The van der Waals surface area contributed by atoms with Crippen molar-refractivity contribution in [2.24, 2.45) is 0 Å². The van der Waals surface area contributed by atoms with Crippen LogP contribution in [0.25, 0.3) is 0 Å². The van der Waals surface area contributed by atoms with E-state index in [9.17, 15) is 4.39 Å². The number of hydrogen-bond acceptors (Lipinski definition) is 2. The molecule has 1 aliphatic rings. The molecule has 2 nitrogen and oxygen atoms in total. The highest BCUT2D eigenvalue weighted by atomic mass is 35.5. The zero-order valence-electron chi connectivity index (χ0n) is 11.9. The number of rotatable bonds is 2. The van der Waals surface area contributed by atoms with Crippen molar-refractivity contribution in [1.82, 2.24) is 5.32 Å². The minimum Gasteiger partial charge on any atom is -0.362 e. The number of piperazine rings is 1. The van der Waals surface area contributed by atoms with Crippen LogP contribution in [0.4, 0.5) is 10.1 Å². The smallest absolute Gasteiger partial charge is 0.126 e. The Kier molecular flexibility index (Phi) is 4.13. The van der Waals surface area contributed by atoms with Crippen LogP contribution in [0, 0.1) is 5.82 Å². The fourth-order valence-electron chi connectivity index (χ4n) is 2.87. The highest BCUT2D eigenvalue weighted by Gasteiger charge is 2.27. The molecule has 1 saturated heterocycles. The first-order valence-electron chi connectivity index (χ1n) is 7.14. The maximum atomic E-state index is 13.7. The summed E-state index contributed by atoms with van der Waals surface area (Å²) < 4.78 is 13.7. The lowest BCUT2D eigenvalue weighted by molar-refractivity contribution is 0.416. The predicted octanol–water partition coefficient (Wildman–Crippen LogP) is 4.02. The molecule has 2 aromatic carbocycles. The predicted molar refractivity (Wildman–Crippen MR) is 85.4 cm³/mol.